The minimum atomic E-state index is -4.54. The van der Waals surface area contributed by atoms with E-state index in [0.29, 0.717) is 22.2 Å². The molecule has 0 unspecified atom stereocenters. The van der Waals surface area contributed by atoms with Crippen molar-refractivity contribution in [1.29, 1.82) is 0 Å². The van der Waals surface area contributed by atoms with Crippen LogP contribution in [0.15, 0.2) is 47.4 Å². The number of hydrogen-bond acceptors (Lipinski definition) is 4. The second-order valence-corrected chi connectivity index (χ2v) is 6.07. The molecule has 27 heavy (non-hydrogen) atoms. The lowest BCUT2D eigenvalue weighted by Crippen LogP contribution is -2.19. The van der Waals surface area contributed by atoms with Gasteiger partial charge in [0, 0.05) is 37.6 Å². The van der Waals surface area contributed by atoms with Crippen LogP contribution in [0, 0.1) is 0 Å². The Labute approximate surface area is 150 Å². The average molecular weight is 373 g/mol. The Morgan fingerprint density at radius 3 is 2.59 bits per heavy atom. The van der Waals surface area contributed by atoms with E-state index >= 15 is 0 Å². The minimum absolute atomic E-state index is 0.216. The van der Waals surface area contributed by atoms with E-state index in [4.69, 9.17) is 0 Å². The lowest BCUT2D eigenvalue weighted by molar-refractivity contribution is -0.141. The van der Waals surface area contributed by atoms with Crippen LogP contribution >= 0.6 is 0 Å². The van der Waals surface area contributed by atoms with Gasteiger partial charge in [-0.2, -0.15) is 18.3 Å². The maximum Gasteiger partial charge on any atom is 0.433 e. The SMILES string of the molecule is CNc1ccc2c(c1)c(=O)n(C)c1cc(-c3ccnc(C(F)(F)F)c3)nn21. The lowest BCUT2D eigenvalue weighted by Gasteiger charge is -2.07. The molecular weight excluding hydrogens is 359 g/mol. The fourth-order valence-corrected chi connectivity index (χ4v) is 3.01. The number of aromatic nitrogens is 4. The van der Waals surface area contributed by atoms with Crippen LogP contribution in [-0.4, -0.2) is 26.2 Å². The third kappa shape index (κ3) is 2.71. The summed E-state index contributed by atoms with van der Waals surface area (Å²) in [5, 5.41) is 7.86. The molecule has 3 heterocycles. The fourth-order valence-electron chi connectivity index (χ4n) is 3.01. The number of benzene rings is 1. The molecule has 0 radical (unpaired) electrons. The zero-order valence-electron chi connectivity index (χ0n) is 14.4. The Kier molecular flexibility index (Phi) is 3.69. The van der Waals surface area contributed by atoms with Crippen molar-refractivity contribution in [1.82, 2.24) is 19.2 Å². The maximum absolute atomic E-state index is 12.9. The van der Waals surface area contributed by atoms with E-state index in [1.54, 1.807) is 42.9 Å². The van der Waals surface area contributed by atoms with Crippen molar-refractivity contribution in [3.8, 4) is 11.3 Å². The summed E-state index contributed by atoms with van der Waals surface area (Å²) in [4.78, 5) is 16.0. The Morgan fingerprint density at radius 2 is 1.89 bits per heavy atom. The van der Waals surface area contributed by atoms with Gasteiger partial charge in [-0.25, -0.2) is 4.52 Å². The molecular formula is C18H14F3N5O. The molecule has 6 nitrogen and oxygen atoms in total. The molecule has 4 aromatic rings. The normalized spacial score (nSPS) is 12.0. The first-order valence-electron chi connectivity index (χ1n) is 8.03. The smallest absolute Gasteiger partial charge is 0.388 e. The molecule has 9 heteroatoms. The number of halogens is 3. The largest absolute Gasteiger partial charge is 0.433 e. The van der Waals surface area contributed by atoms with Gasteiger partial charge in [0.15, 0.2) is 0 Å². The van der Waals surface area contributed by atoms with E-state index in [1.807, 2.05) is 0 Å². The number of nitrogens with zero attached hydrogens (tertiary/aromatic N) is 4. The van der Waals surface area contributed by atoms with Gasteiger partial charge in [0.25, 0.3) is 5.56 Å². The number of pyridine rings is 1. The Bertz CT molecular complexity index is 1240. The molecule has 0 atom stereocenters. The molecule has 0 amide bonds. The number of anilines is 1. The molecule has 0 saturated heterocycles. The summed E-state index contributed by atoms with van der Waals surface area (Å²) in [5.74, 6) is 0. The summed E-state index contributed by atoms with van der Waals surface area (Å²) in [7, 11) is 3.35. The summed E-state index contributed by atoms with van der Waals surface area (Å²) in [6, 6.07) is 9.25. The molecule has 0 bridgehead atoms. The quantitative estimate of drug-likeness (QED) is 0.586. The second kappa shape index (κ2) is 5.83. The van der Waals surface area contributed by atoms with Crippen molar-refractivity contribution in [3.63, 3.8) is 0 Å². The van der Waals surface area contributed by atoms with Crippen molar-refractivity contribution >= 4 is 22.2 Å². The number of hydrogen-bond donors (Lipinski definition) is 1. The highest BCUT2D eigenvalue weighted by Gasteiger charge is 2.32. The van der Waals surface area contributed by atoms with Crippen LogP contribution in [0.5, 0.6) is 0 Å². The standard InChI is InChI=1S/C18H14F3N5O/c1-22-11-3-4-14-12(8-11)17(27)25(2)16-9-13(24-26(14)16)10-5-6-23-15(7-10)18(19,20)21/h3-9,22H,1-2H3. The highest BCUT2D eigenvalue weighted by molar-refractivity contribution is 5.84. The monoisotopic (exact) mass is 373 g/mol. The van der Waals surface area contributed by atoms with E-state index < -0.39 is 11.9 Å². The molecule has 0 spiro atoms. The molecule has 1 aromatic carbocycles. The van der Waals surface area contributed by atoms with Crippen molar-refractivity contribution in [2.75, 3.05) is 12.4 Å². The van der Waals surface area contributed by atoms with Gasteiger partial charge in [0.1, 0.15) is 11.3 Å². The first-order chi connectivity index (χ1) is 12.8. The summed E-state index contributed by atoms with van der Waals surface area (Å²) < 4.78 is 41.8. The zero-order chi connectivity index (χ0) is 19.3. The first-order valence-corrected chi connectivity index (χ1v) is 8.03. The van der Waals surface area contributed by atoms with Crippen molar-refractivity contribution < 1.29 is 13.2 Å². The number of alkyl halides is 3. The van der Waals surface area contributed by atoms with Crippen LogP contribution in [0.1, 0.15) is 5.69 Å². The highest BCUT2D eigenvalue weighted by Crippen LogP contribution is 2.30. The molecule has 3 aromatic heterocycles. The van der Waals surface area contributed by atoms with Gasteiger partial charge in [-0.05, 0) is 30.3 Å². The number of rotatable bonds is 2. The van der Waals surface area contributed by atoms with Crippen LogP contribution in [0.25, 0.3) is 27.8 Å². The number of aryl methyl sites for hydroxylation is 1. The maximum atomic E-state index is 12.9. The molecule has 138 valence electrons. The van der Waals surface area contributed by atoms with Gasteiger partial charge in [-0.1, -0.05) is 0 Å². The fraction of sp³-hybridized carbons (Fsp3) is 0.167. The van der Waals surface area contributed by atoms with E-state index in [9.17, 15) is 18.0 Å². The van der Waals surface area contributed by atoms with E-state index in [-0.39, 0.29) is 11.1 Å². The Balaban J connectivity index is 1.99. The lowest BCUT2D eigenvalue weighted by atomic mass is 10.1. The van der Waals surface area contributed by atoms with Gasteiger partial charge in [0.05, 0.1) is 16.6 Å². The van der Waals surface area contributed by atoms with Gasteiger partial charge in [0.2, 0.25) is 0 Å². The summed E-state index contributed by atoms with van der Waals surface area (Å²) in [6.07, 6.45) is -3.45. The predicted molar refractivity (Wildman–Crippen MR) is 95.7 cm³/mol. The molecule has 0 aliphatic heterocycles. The molecule has 1 N–H and O–H groups in total. The predicted octanol–water partition coefficient (Wildman–Crippen LogP) is 3.31. The van der Waals surface area contributed by atoms with E-state index in [0.717, 1.165) is 18.0 Å². The van der Waals surface area contributed by atoms with Gasteiger partial charge >= 0.3 is 6.18 Å². The molecule has 0 aliphatic rings. The van der Waals surface area contributed by atoms with Gasteiger partial charge in [-0.3, -0.25) is 14.3 Å². The average Bonchev–Trinajstić information content (AvgIpc) is 3.11. The third-order valence-corrected chi connectivity index (χ3v) is 4.43. The van der Waals surface area contributed by atoms with Crippen LogP contribution in [0.2, 0.25) is 0 Å². The van der Waals surface area contributed by atoms with Crippen LogP contribution in [0.3, 0.4) is 0 Å². The zero-order valence-corrected chi connectivity index (χ0v) is 14.4. The van der Waals surface area contributed by atoms with Gasteiger partial charge < -0.3 is 5.32 Å². The first kappa shape index (κ1) is 17.1. The molecule has 4 rings (SSSR count). The van der Waals surface area contributed by atoms with E-state index in [1.165, 1.54) is 10.6 Å². The van der Waals surface area contributed by atoms with Crippen molar-refractivity contribution in [3.05, 3.63) is 58.6 Å². The Morgan fingerprint density at radius 1 is 1.11 bits per heavy atom. The molecule has 0 aliphatic carbocycles. The topological polar surface area (TPSA) is 64.2 Å². The van der Waals surface area contributed by atoms with Crippen molar-refractivity contribution in [2.45, 2.75) is 6.18 Å². The number of fused-ring (bicyclic) bond motifs is 3. The van der Waals surface area contributed by atoms with Crippen LogP contribution in [-0.2, 0) is 13.2 Å². The third-order valence-electron chi connectivity index (χ3n) is 4.43. The van der Waals surface area contributed by atoms with Crippen LogP contribution < -0.4 is 10.9 Å². The molecule has 0 saturated carbocycles. The second-order valence-electron chi connectivity index (χ2n) is 6.07. The van der Waals surface area contributed by atoms with Crippen molar-refractivity contribution in [2.24, 2.45) is 7.05 Å². The number of nitrogens with one attached hydrogen (secondary N) is 1. The summed E-state index contributed by atoms with van der Waals surface area (Å²) in [6.45, 7) is 0. The Hall–Kier alpha value is -3.36. The molecule has 0 fully saturated rings. The summed E-state index contributed by atoms with van der Waals surface area (Å²) >= 11 is 0. The highest BCUT2D eigenvalue weighted by atomic mass is 19.4. The van der Waals surface area contributed by atoms with Gasteiger partial charge in [-0.15, -0.1) is 0 Å². The minimum Gasteiger partial charge on any atom is -0.388 e. The van der Waals surface area contributed by atoms with Crippen LogP contribution in [0.4, 0.5) is 18.9 Å². The summed E-state index contributed by atoms with van der Waals surface area (Å²) in [5.41, 5.74) is 1.21. The van der Waals surface area contributed by atoms with E-state index in [2.05, 4.69) is 15.4 Å².